The second-order valence-electron chi connectivity index (χ2n) is 3.54. The van der Waals surface area contributed by atoms with Crippen LogP contribution in [0.4, 0.5) is 5.95 Å². The first kappa shape index (κ1) is 9.71. The van der Waals surface area contributed by atoms with E-state index in [0.29, 0.717) is 5.95 Å². The Balaban J connectivity index is 2.63. The second-order valence-corrected chi connectivity index (χ2v) is 3.54. The van der Waals surface area contributed by atoms with Crippen LogP contribution in [0.3, 0.4) is 0 Å². The summed E-state index contributed by atoms with van der Waals surface area (Å²) in [7, 11) is 3.63. The Kier molecular flexibility index (Phi) is 2.19. The lowest BCUT2D eigenvalue weighted by molar-refractivity contribution is -0.116. The number of hydrogen-bond acceptors (Lipinski definition) is 2. The fraction of sp³-hybridized carbons (Fsp3) is 0.273. The Morgan fingerprint density at radius 2 is 2.07 bits per heavy atom. The van der Waals surface area contributed by atoms with E-state index in [1.54, 1.807) is 11.9 Å². The quantitative estimate of drug-likeness (QED) is 0.705. The van der Waals surface area contributed by atoms with Crippen molar-refractivity contribution in [3.63, 3.8) is 0 Å². The fourth-order valence-electron chi connectivity index (χ4n) is 1.57. The van der Waals surface area contributed by atoms with Crippen LogP contribution >= 0.6 is 0 Å². The Morgan fingerprint density at radius 3 is 2.67 bits per heavy atom. The van der Waals surface area contributed by atoms with Crippen LogP contribution in [-0.4, -0.2) is 22.5 Å². The monoisotopic (exact) mass is 203 g/mol. The summed E-state index contributed by atoms with van der Waals surface area (Å²) in [5.41, 5.74) is 1.93. The van der Waals surface area contributed by atoms with Crippen molar-refractivity contribution in [2.24, 2.45) is 7.05 Å². The van der Waals surface area contributed by atoms with Gasteiger partial charge in [0.15, 0.2) is 0 Å². The maximum atomic E-state index is 11.2. The van der Waals surface area contributed by atoms with Crippen LogP contribution in [0, 0.1) is 0 Å². The first-order valence-electron chi connectivity index (χ1n) is 4.77. The molecule has 0 unspecified atom stereocenters. The highest BCUT2D eigenvalue weighted by Gasteiger charge is 2.13. The van der Waals surface area contributed by atoms with Gasteiger partial charge in [0.2, 0.25) is 11.9 Å². The van der Waals surface area contributed by atoms with E-state index in [1.807, 2.05) is 35.9 Å². The molecule has 15 heavy (non-hydrogen) atoms. The van der Waals surface area contributed by atoms with Gasteiger partial charge in [-0.25, -0.2) is 4.98 Å². The molecule has 2 aromatic rings. The van der Waals surface area contributed by atoms with Gasteiger partial charge in [0.1, 0.15) is 0 Å². The highest BCUT2D eigenvalue weighted by Crippen LogP contribution is 2.19. The zero-order chi connectivity index (χ0) is 11.0. The third kappa shape index (κ3) is 1.48. The number of rotatable bonds is 1. The van der Waals surface area contributed by atoms with E-state index >= 15 is 0 Å². The number of aryl methyl sites for hydroxylation is 1. The zero-order valence-corrected chi connectivity index (χ0v) is 9.06. The predicted molar refractivity (Wildman–Crippen MR) is 59.8 cm³/mol. The van der Waals surface area contributed by atoms with Crippen molar-refractivity contribution < 1.29 is 4.79 Å². The predicted octanol–water partition coefficient (Wildman–Crippen LogP) is 1.56. The van der Waals surface area contributed by atoms with Crippen LogP contribution in [0.1, 0.15) is 6.92 Å². The average Bonchev–Trinajstić information content (AvgIpc) is 2.56. The number of hydrogen-bond donors (Lipinski definition) is 0. The molecule has 0 saturated carbocycles. The average molecular weight is 203 g/mol. The summed E-state index contributed by atoms with van der Waals surface area (Å²) in [6.45, 7) is 1.53. The number of amides is 1. The van der Waals surface area contributed by atoms with Crippen molar-refractivity contribution in [3.05, 3.63) is 24.3 Å². The zero-order valence-electron chi connectivity index (χ0n) is 9.06. The standard InChI is InChI=1S/C11H13N3O/c1-8(15)13(2)11-12-9-6-4-5-7-10(9)14(11)3/h4-7H,1-3H3. The molecule has 0 saturated heterocycles. The van der Waals surface area contributed by atoms with Gasteiger partial charge in [-0.3, -0.25) is 9.69 Å². The highest BCUT2D eigenvalue weighted by atomic mass is 16.2. The van der Waals surface area contributed by atoms with E-state index in [1.165, 1.54) is 6.92 Å². The minimum absolute atomic E-state index is 0.0200. The number of carbonyl (C=O) groups is 1. The molecule has 1 aromatic carbocycles. The Morgan fingerprint density at radius 1 is 1.40 bits per heavy atom. The van der Waals surface area contributed by atoms with E-state index in [4.69, 9.17) is 0 Å². The lowest BCUT2D eigenvalue weighted by atomic mass is 10.3. The molecule has 4 heteroatoms. The molecule has 0 aliphatic rings. The molecular formula is C11H13N3O. The van der Waals surface area contributed by atoms with E-state index in [0.717, 1.165) is 11.0 Å². The van der Waals surface area contributed by atoms with Crippen LogP contribution in [-0.2, 0) is 11.8 Å². The molecule has 0 N–H and O–H groups in total. The Labute approximate surface area is 88.1 Å². The van der Waals surface area contributed by atoms with E-state index in [9.17, 15) is 4.79 Å². The summed E-state index contributed by atoms with van der Waals surface area (Å²) in [5, 5.41) is 0. The van der Waals surface area contributed by atoms with E-state index < -0.39 is 0 Å². The Hall–Kier alpha value is -1.84. The van der Waals surface area contributed by atoms with Crippen molar-refractivity contribution in [3.8, 4) is 0 Å². The molecule has 0 bridgehead atoms. The lowest BCUT2D eigenvalue weighted by Gasteiger charge is -2.13. The molecule has 78 valence electrons. The minimum Gasteiger partial charge on any atom is -0.313 e. The summed E-state index contributed by atoms with van der Waals surface area (Å²) in [6.07, 6.45) is 0. The molecular weight excluding hydrogens is 190 g/mol. The van der Waals surface area contributed by atoms with Gasteiger partial charge in [0.05, 0.1) is 11.0 Å². The third-order valence-electron chi connectivity index (χ3n) is 2.54. The van der Waals surface area contributed by atoms with Crippen LogP contribution in [0.25, 0.3) is 11.0 Å². The minimum atomic E-state index is -0.0200. The number of imidazole rings is 1. The maximum Gasteiger partial charge on any atom is 0.225 e. The first-order valence-corrected chi connectivity index (χ1v) is 4.77. The summed E-state index contributed by atoms with van der Waals surface area (Å²) in [5.74, 6) is 0.650. The molecule has 0 aliphatic heterocycles. The molecule has 0 aliphatic carbocycles. The Bertz CT molecular complexity index is 516. The van der Waals surface area contributed by atoms with Crippen LogP contribution in [0.15, 0.2) is 24.3 Å². The van der Waals surface area contributed by atoms with Crippen LogP contribution in [0.5, 0.6) is 0 Å². The van der Waals surface area contributed by atoms with E-state index in [2.05, 4.69) is 4.98 Å². The highest BCUT2D eigenvalue weighted by molar-refractivity contribution is 5.91. The summed E-state index contributed by atoms with van der Waals surface area (Å²) in [4.78, 5) is 17.2. The van der Waals surface area contributed by atoms with Crippen molar-refractivity contribution in [2.45, 2.75) is 6.92 Å². The molecule has 2 rings (SSSR count). The molecule has 1 heterocycles. The molecule has 0 atom stereocenters. The van der Waals surface area contributed by atoms with Gasteiger partial charge < -0.3 is 4.57 Å². The van der Waals surface area contributed by atoms with Crippen molar-refractivity contribution in [2.75, 3.05) is 11.9 Å². The molecule has 0 spiro atoms. The van der Waals surface area contributed by atoms with Crippen molar-refractivity contribution in [1.82, 2.24) is 9.55 Å². The normalized spacial score (nSPS) is 10.6. The second kappa shape index (κ2) is 3.38. The van der Waals surface area contributed by atoms with Gasteiger partial charge in [0, 0.05) is 21.0 Å². The molecule has 0 radical (unpaired) electrons. The van der Waals surface area contributed by atoms with Gasteiger partial charge in [-0.1, -0.05) is 12.1 Å². The summed E-state index contributed by atoms with van der Waals surface area (Å²) >= 11 is 0. The van der Waals surface area contributed by atoms with Crippen LogP contribution < -0.4 is 4.90 Å². The van der Waals surface area contributed by atoms with Crippen molar-refractivity contribution >= 4 is 22.9 Å². The number of anilines is 1. The SMILES string of the molecule is CC(=O)N(C)c1nc2ccccc2n1C. The smallest absolute Gasteiger partial charge is 0.225 e. The number of benzene rings is 1. The topological polar surface area (TPSA) is 38.1 Å². The third-order valence-corrected chi connectivity index (χ3v) is 2.54. The van der Waals surface area contributed by atoms with Gasteiger partial charge in [-0.15, -0.1) is 0 Å². The first-order chi connectivity index (χ1) is 7.11. The maximum absolute atomic E-state index is 11.2. The molecule has 1 aromatic heterocycles. The van der Waals surface area contributed by atoms with Gasteiger partial charge >= 0.3 is 0 Å². The summed E-state index contributed by atoms with van der Waals surface area (Å²) in [6, 6.07) is 7.82. The van der Waals surface area contributed by atoms with Gasteiger partial charge in [0.25, 0.3) is 0 Å². The van der Waals surface area contributed by atoms with Crippen LogP contribution in [0.2, 0.25) is 0 Å². The number of nitrogens with zero attached hydrogens (tertiary/aromatic N) is 3. The number of para-hydroxylation sites is 2. The lowest BCUT2D eigenvalue weighted by Crippen LogP contribution is -2.25. The number of carbonyl (C=O) groups excluding carboxylic acids is 1. The van der Waals surface area contributed by atoms with E-state index in [-0.39, 0.29) is 5.91 Å². The largest absolute Gasteiger partial charge is 0.313 e. The number of fused-ring (bicyclic) bond motifs is 1. The fourth-order valence-corrected chi connectivity index (χ4v) is 1.57. The summed E-state index contributed by atoms with van der Waals surface area (Å²) < 4.78 is 1.91. The van der Waals surface area contributed by atoms with Gasteiger partial charge in [-0.05, 0) is 12.1 Å². The van der Waals surface area contributed by atoms with Gasteiger partial charge in [-0.2, -0.15) is 0 Å². The molecule has 4 nitrogen and oxygen atoms in total. The number of aromatic nitrogens is 2. The molecule has 1 amide bonds. The van der Waals surface area contributed by atoms with Crippen molar-refractivity contribution in [1.29, 1.82) is 0 Å². The molecule has 0 fully saturated rings.